The Morgan fingerprint density at radius 1 is 1.32 bits per heavy atom. The molecule has 1 aromatic rings. The molecule has 0 unspecified atom stereocenters. The first kappa shape index (κ1) is 14.9. The van der Waals surface area contributed by atoms with Gasteiger partial charge in [0.15, 0.2) is 0 Å². The molecule has 0 saturated heterocycles. The molecule has 0 radical (unpaired) electrons. The van der Waals surface area contributed by atoms with Crippen LogP contribution in [0.4, 0.5) is 5.69 Å². The van der Waals surface area contributed by atoms with Gasteiger partial charge in [-0.2, -0.15) is 0 Å². The summed E-state index contributed by atoms with van der Waals surface area (Å²) >= 11 is 3.46. The number of hydrogen-bond acceptors (Lipinski definition) is 2. The maximum absolute atomic E-state index is 5.99. The highest BCUT2D eigenvalue weighted by molar-refractivity contribution is 9.10. The van der Waals surface area contributed by atoms with Crippen molar-refractivity contribution in [3.8, 4) is 0 Å². The summed E-state index contributed by atoms with van der Waals surface area (Å²) in [5.74, 6) is 0.716. The second-order valence-electron chi connectivity index (χ2n) is 6.12. The van der Waals surface area contributed by atoms with Gasteiger partial charge in [-0.25, -0.2) is 0 Å². The Morgan fingerprint density at radius 3 is 2.58 bits per heavy atom. The summed E-state index contributed by atoms with van der Waals surface area (Å²) in [6.45, 7) is 6.82. The van der Waals surface area contributed by atoms with Gasteiger partial charge >= 0.3 is 0 Å². The first-order valence-corrected chi connectivity index (χ1v) is 8.13. The van der Waals surface area contributed by atoms with Crippen LogP contribution in [0.1, 0.15) is 45.1 Å². The number of nitrogens with zero attached hydrogens (tertiary/aromatic N) is 1. The fourth-order valence-corrected chi connectivity index (χ4v) is 3.25. The van der Waals surface area contributed by atoms with Crippen LogP contribution in [0.25, 0.3) is 0 Å². The molecule has 2 N–H and O–H groups in total. The predicted octanol–water partition coefficient (Wildman–Crippen LogP) is 4.43. The van der Waals surface area contributed by atoms with Crippen molar-refractivity contribution in [1.29, 1.82) is 0 Å². The average Bonchev–Trinajstić information content (AvgIpc) is 2.86. The Morgan fingerprint density at radius 2 is 2.00 bits per heavy atom. The predicted molar refractivity (Wildman–Crippen MR) is 86.1 cm³/mol. The van der Waals surface area contributed by atoms with Crippen molar-refractivity contribution in [3.63, 3.8) is 0 Å². The topological polar surface area (TPSA) is 29.3 Å². The zero-order chi connectivity index (χ0) is 13.8. The Kier molecular flexibility index (Phi) is 5.28. The molecule has 3 heteroatoms. The number of benzene rings is 1. The third-order valence-electron chi connectivity index (χ3n) is 3.89. The van der Waals surface area contributed by atoms with E-state index < -0.39 is 0 Å². The summed E-state index contributed by atoms with van der Waals surface area (Å²) in [7, 11) is 0. The minimum atomic E-state index is 0.716. The molecule has 1 aliphatic rings. The van der Waals surface area contributed by atoms with Crippen LogP contribution in [0.2, 0.25) is 0 Å². The Bertz CT molecular complexity index is 411. The number of halogens is 1. The Labute approximate surface area is 125 Å². The zero-order valence-corrected chi connectivity index (χ0v) is 13.6. The normalized spacial score (nSPS) is 16.7. The molecule has 0 heterocycles. The molecule has 1 aromatic carbocycles. The molecule has 1 aliphatic carbocycles. The van der Waals surface area contributed by atoms with Crippen LogP contribution in [-0.4, -0.2) is 17.5 Å². The van der Waals surface area contributed by atoms with E-state index >= 15 is 0 Å². The minimum absolute atomic E-state index is 0.716. The number of hydrogen-bond donors (Lipinski definition) is 1. The minimum Gasteiger partial charge on any atom is -0.398 e. The number of nitrogen functional groups attached to an aromatic ring is 1. The van der Waals surface area contributed by atoms with E-state index in [-0.39, 0.29) is 0 Å². The monoisotopic (exact) mass is 324 g/mol. The van der Waals surface area contributed by atoms with Crippen LogP contribution in [0.15, 0.2) is 22.7 Å². The molecule has 2 rings (SSSR count). The van der Waals surface area contributed by atoms with E-state index in [1.54, 1.807) is 0 Å². The van der Waals surface area contributed by atoms with Crippen LogP contribution >= 0.6 is 15.9 Å². The van der Waals surface area contributed by atoms with E-state index in [1.165, 1.54) is 37.8 Å². The smallest absolute Gasteiger partial charge is 0.0461 e. The highest BCUT2D eigenvalue weighted by atomic mass is 79.9. The van der Waals surface area contributed by atoms with Gasteiger partial charge < -0.3 is 5.73 Å². The lowest BCUT2D eigenvalue weighted by molar-refractivity contribution is 0.168. The van der Waals surface area contributed by atoms with Crippen molar-refractivity contribution in [3.05, 3.63) is 28.2 Å². The van der Waals surface area contributed by atoms with Crippen molar-refractivity contribution in [2.75, 3.05) is 12.3 Å². The molecule has 1 fully saturated rings. The zero-order valence-electron chi connectivity index (χ0n) is 12.0. The SMILES string of the molecule is CC(C)CN(Cc1ccc(Br)c(N)c1)C1CCCC1. The van der Waals surface area contributed by atoms with E-state index in [2.05, 4.69) is 52.9 Å². The molecular weight excluding hydrogens is 300 g/mol. The average molecular weight is 325 g/mol. The maximum atomic E-state index is 5.99. The largest absolute Gasteiger partial charge is 0.398 e. The molecule has 19 heavy (non-hydrogen) atoms. The first-order chi connectivity index (χ1) is 9.06. The van der Waals surface area contributed by atoms with Gasteiger partial charge in [0.1, 0.15) is 0 Å². The number of nitrogens with two attached hydrogens (primary N) is 1. The van der Waals surface area contributed by atoms with Gasteiger partial charge in [0.05, 0.1) is 0 Å². The van der Waals surface area contributed by atoms with Crippen LogP contribution in [0.3, 0.4) is 0 Å². The van der Waals surface area contributed by atoms with Crippen LogP contribution in [0.5, 0.6) is 0 Å². The second kappa shape index (κ2) is 6.76. The lowest BCUT2D eigenvalue weighted by atomic mass is 10.1. The third kappa shape index (κ3) is 4.22. The van der Waals surface area contributed by atoms with Gasteiger partial charge in [0.25, 0.3) is 0 Å². The first-order valence-electron chi connectivity index (χ1n) is 7.34. The summed E-state index contributed by atoms with van der Waals surface area (Å²) < 4.78 is 0.993. The molecular formula is C16H25BrN2. The number of rotatable bonds is 5. The number of anilines is 1. The van der Waals surface area contributed by atoms with Gasteiger partial charge in [-0.05, 0) is 52.4 Å². The molecule has 0 bridgehead atoms. The molecule has 1 saturated carbocycles. The molecule has 0 atom stereocenters. The summed E-state index contributed by atoms with van der Waals surface area (Å²) in [6, 6.07) is 7.12. The summed E-state index contributed by atoms with van der Waals surface area (Å²) in [5, 5.41) is 0. The molecule has 0 aromatic heterocycles. The second-order valence-corrected chi connectivity index (χ2v) is 6.97. The van der Waals surface area contributed by atoms with Crippen molar-refractivity contribution in [2.24, 2.45) is 5.92 Å². The van der Waals surface area contributed by atoms with E-state index in [0.29, 0.717) is 5.92 Å². The highest BCUT2D eigenvalue weighted by Crippen LogP contribution is 2.27. The van der Waals surface area contributed by atoms with Crippen molar-refractivity contribution in [1.82, 2.24) is 4.90 Å². The van der Waals surface area contributed by atoms with Crippen LogP contribution in [-0.2, 0) is 6.54 Å². The summed E-state index contributed by atoms with van der Waals surface area (Å²) in [5.41, 5.74) is 8.15. The molecule has 106 valence electrons. The van der Waals surface area contributed by atoms with E-state index in [0.717, 1.165) is 22.7 Å². The van der Waals surface area contributed by atoms with Gasteiger partial charge in [-0.15, -0.1) is 0 Å². The van der Waals surface area contributed by atoms with Crippen molar-refractivity contribution >= 4 is 21.6 Å². The van der Waals surface area contributed by atoms with Gasteiger partial charge in [-0.3, -0.25) is 4.90 Å². The molecule has 0 amide bonds. The van der Waals surface area contributed by atoms with Crippen LogP contribution < -0.4 is 5.73 Å². The van der Waals surface area contributed by atoms with Gasteiger partial charge in [0, 0.05) is 29.3 Å². The van der Waals surface area contributed by atoms with E-state index in [9.17, 15) is 0 Å². The molecule has 2 nitrogen and oxygen atoms in total. The maximum Gasteiger partial charge on any atom is 0.0461 e. The Balaban J connectivity index is 2.07. The van der Waals surface area contributed by atoms with Gasteiger partial charge in [0.2, 0.25) is 0 Å². The summed E-state index contributed by atoms with van der Waals surface area (Å²) in [6.07, 6.45) is 5.50. The lowest BCUT2D eigenvalue weighted by Crippen LogP contribution is -2.35. The fourth-order valence-electron chi connectivity index (χ4n) is 3.01. The molecule has 0 aliphatic heterocycles. The standard InChI is InChI=1S/C16H25BrN2/c1-12(2)10-19(14-5-3-4-6-14)11-13-7-8-15(17)16(18)9-13/h7-9,12,14H,3-6,10-11,18H2,1-2H3. The van der Waals surface area contributed by atoms with E-state index in [1.807, 2.05) is 0 Å². The van der Waals surface area contributed by atoms with E-state index in [4.69, 9.17) is 5.73 Å². The van der Waals surface area contributed by atoms with Crippen molar-refractivity contribution in [2.45, 2.75) is 52.1 Å². The van der Waals surface area contributed by atoms with Crippen LogP contribution in [0, 0.1) is 5.92 Å². The summed E-state index contributed by atoms with van der Waals surface area (Å²) in [4.78, 5) is 2.65. The van der Waals surface area contributed by atoms with Crippen molar-refractivity contribution < 1.29 is 0 Å². The van der Waals surface area contributed by atoms with Gasteiger partial charge in [-0.1, -0.05) is 32.8 Å². The fraction of sp³-hybridized carbons (Fsp3) is 0.625. The lowest BCUT2D eigenvalue weighted by Gasteiger charge is -2.30. The quantitative estimate of drug-likeness (QED) is 0.812. The Hall–Kier alpha value is -0.540. The molecule has 0 spiro atoms. The highest BCUT2D eigenvalue weighted by Gasteiger charge is 2.23. The third-order valence-corrected chi connectivity index (χ3v) is 4.61.